The topological polar surface area (TPSA) is 24.4 Å². The summed E-state index contributed by atoms with van der Waals surface area (Å²) in [5.74, 6) is 6.29. The van der Waals surface area contributed by atoms with E-state index in [0.29, 0.717) is 5.92 Å². The second kappa shape index (κ2) is 5.59. The molecule has 0 bridgehead atoms. The van der Waals surface area contributed by atoms with Gasteiger partial charge in [-0.05, 0) is 18.4 Å². The Morgan fingerprint density at radius 2 is 2.47 bits per heavy atom. The zero-order valence-electron chi connectivity index (χ0n) is 9.51. The van der Waals surface area contributed by atoms with Crippen LogP contribution < -0.4 is 5.32 Å². The van der Waals surface area contributed by atoms with Crippen LogP contribution in [-0.2, 0) is 0 Å². The predicted molar refractivity (Wildman–Crippen MR) is 64.5 cm³/mol. The van der Waals surface area contributed by atoms with E-state index >= 15 is 0 Å². The fourth-order valence-electron chi connectivity index (χ4n) is 1.48. The van der Waals surface area contributed by atoms with E-state index in [0.717, 1.165) is 25.9 Å². The van der Waals surface area contributed by atoms with Gasteiger partial charge in [0, 0.05) is 31.1 Å². The van der Waals surface area contributed by atoms with E-state index in [1.54, 1.807) is 6.21 Å². The highest BCUT2D eigenvalue weighted by atomic mass is 14.9. The Hall–Kier alpha value is -1.25. The lowest BCUT2D eigenvalue weighted by Gasteiger charge is -1.99. The van der Waals surface area contributed by atoms with Crippen LogP contribution in [0.2, 0.25) is 0 Å². The number of rotatable bonds is 4. The summed E-state index contributed by atoms with van der Waals surface area (Å²) in [6.07, 6.45) is 9.04. The van der Waals surface area contributed by atoms with Gasteiger partial charge in [0.2, 0.25) is 0 Å². The van der Waals surface area contributed by atoms with Gasteiger partial charge in [-0.1, -0.05) is 19.8 Å². The highest BCUT2D eigenvalue weighted by Crippen LogP contribution is 2.54. The number of hydrogen-bond donors (Lipinski definition) is 1. The standard InChI is InChI=1S/C13H18N2/c1-4-7-13(3)11-12(13)6-8-15-10-9-14-5-2/h1,10,12,14H,5,7,9,11H2,2-3H3/b15-10+. The molecule has 15 heavy (non-hydrogen) atoms. The summed E-state index contributed by atoms with van der Waals surface area (Å²) in [6, 6.07) is 2.83. The molecular formula is C13H18N2. The van der Waals surface area contributed by atoms with Crippen LogP contribution in [0.3, 0.4) is 0 Å². The van der Waals surface area contributed by atoms with Crippen molar-refractivity contribution in [3.63, 3.8) is 0 Å². The summed E-state index contributed by atoms with van der Waals surface area (Å²) in [5.41, 5.74) is 0.263. The van der Waals surface area contributed by atoms with Gasteiger partial charge in [-0.3, -0.25) is 0 Å². The summed E-state index contributed by atoms with van der Waals surface area (Å²) in [5, 5.41) is 3.14. The van der Waals surface area contributed by atoms with Crippen LogP contribution in [0.15, 0.2) is 4.99 Å². The number of nitrogens with one attached hydrogen (secondary N) is 1. The molecule has 2 nitrogen and oxygen atoms in total. The minimum Gasteiger partial charge on any atom is -0.312 e. The summed E-state index contributed by atoms with van der Waals surface area (Å²) in [4.78, 5) is 4.01. The third-order valence-electron chi connectivity index (χ3n) is 2.74. The van der Waals surface area contributed by atoms with Gasteiger partial charge in [-0.2, -0.15) is 0 Å². The van der Waals surface area contributed by atoms with E-state index < -0.39 is 0 Å². The van der Waals surface area contributed by atoms with Crippen LogP contribution in [0.1, 0.15) is 26.7 Å². The molecule has 2 heteroatoms. The summed E-state index contributed by atoms with van der Waals surface area (Å²) < 4.78 is 0. The van der Waals surface area contributed by atoms with Gasteiger partial charge in [-0.15, -0.1) is 12.3 Å². The van der Waals surface area contributed by atoms with Crippen molar-refractivity contribution in [2.24, 2.45) is 16.3 Å². The van der Waals surface area contributed by atoms with Crippen LogP contribution >= 0.6 is 0 Å². The second-order valence-corrected chi connectivity index (χ2v) is 4.17. The van der Waals surface area contributed by atoms with Gasteiger partial charge in [0.15, 0.2) is 0 Å². The van der Waals surface area contributed by atoms with Crippen molar-refractivity contribution in [2.45, 2.75) is 26.7 Å². The molecule has 0 aromatic rings. The maximum Gasteiger partial charge on any atom is 0.0336 e. The maximum atomic E-state index is 5.29. The maximum absolute atomic E-state index is 5.29. The Balaban J connectivity index is 2.24. The number of terminal acetylenes is 1. The molecule has 80 valence electrons. The van der Waals surface area contributed by atoms with Crippen molar-refractivity contribution in [1.82, 2.24) is 5.32 Å². The molecule has 1 aliphatic carbocycles. The van der Waals surface area contributed by atoms with Crippen LogP contribution in [-0.4, -0.2) is 19.3 Å². The minimum atomic E-state index is 0.263. The molecular weight excluding hydrogens is 184 g/mol. The Bertz CT molecular complexity index is 327. The first-order valence-electron chi connectivity index (χ1n) is 5.39. The third-order valence-corrected chi connectivity index (χ3v) is 2.74. The van der Waals surface area contributed by atoms with E-state index in [-0.39, 0.29) is 5.41 Å². The molecule has 0 radical (unpaired) electrons. The Morgan fingerprint density at radius 1 is 1.67 bits per heavy atom. The molecule has 2 unspecified atom stereocenters. The molecule has 1 N–H and O–H groups in total. The van der Waals surface area contributed by atoms with Crippen LogP contribution in [0.5, 0.6) is 0 Å². The molecule has 1 saturated carbocycles. The van der Waals surface area contributed by atoms with Gasteiger partial charge in [0.05, 0.1) is 0 Å². The molecule has 1 fully saturated rings. The van der Waals surface area contributed by atoms with Crippen molar-refractivity contribution in [3.8, 4) is 24.3 Å². The summed E-state index contributed by atoms with van der Waals surface area (Å²) in [7, 11) is 0. The highest BCUT2D eigenvalue weighted by Gasteiger charge is 2.48. The van der Waals surface area contributed by atoms with Gasteiger partial charge in [0.25, 0.3) is 0 Å². The fraction of sp³-hybridized carbons (Fsp3) is 0.615. The first-order chi connectivity index (χ1) is 7.23. The van der Waals surface area contributed by atoms with Gasteiger partial charge >= 0.3 is 0 Å². The first-order valence-corrected chi connectivity index (χ1v) is 5.39. The van der Waals surface area contributed by atoms with E-state index in [1.165, 1.54) is 0 Å². The Morgan fingerprint density at radius 3 is 3.13 bits per heavy atom. The lowest BCUT2D eigenvalue weighted by atomic mass is 10.0. The molecule has 0 spiro atoms. The predicted octanol–water partition coefficient (Wildman–Crippen LogP) is 1.68. The monoisotopic (exact) mass is 202 g/mol. The van der Waals surface area contributed by atoms with Crippen molar-refractivity contribution in [3.05, 3.63) is 0 Å². The Kier molecular flexibility index (Phi) is 4.40. The van der Waals surface area contributed by atoms with E-state index in [9.17, 15) is 0 Å². The van der Waals surface area contributed by atoms with Crippen molar-refractivity contribution in [2.75, 3.05) is 13.1 Å². The van der Waals surface area contributed by atoms with E-state index in [4.69, 9.17) is 6.42 Å². The lowest BCUT2D eigenvalue weighted by Crippen LogP contribution is -2.14. The van der Waals surface area contributed by atoms with Gasteiger partial charge in [-0.25, -0.2) is 4.99 Å². The molecule has 0 amide bonds. The zero-order chi connectivity index (χ0) is 11.1. The molecule has 0 aliphatic heterocycles. The largest absolute Gasteiger partial charge is 0.312 e. The molecule has 0 aromatic heterocycles. The number of aliphatic imine (C=N–C) groups is 1. The lowest BCUT2D eigenvalue weighted by molar-refractivity contribution is 0.564. The Labute approximate surface area is 92.6 Å². The van der Waals surface area contributed by atoms with Crippen molar-refractivity contribution < 1.29 is 0 Å². The molecule has 0 aromatic carbocycles. The van der Waals surface area contributed by atoms with Crippen molar-refractivity contribution in [1.29, 1.82) is 0 Å². The minimum absolute atomic E-state index is 0.263. The average Bonchev–Trinajstić information content (AvgIpc) is 2.83. The normalized spacial score (nSPS) is 28.2. The molecule has 2 atom stereocenters. The quantitative estimate of drug-likeness (QED) is 0.418. The third kappa shape index (κ3) is 3.78. The molecule has 1 rings (SSSR count). The number of hydrogen-bond acceptors (Lipinski definition) is 2. The van der Waals surface area contributed by atoms with Crippen LogP contribution in [0.4, 0.5) is 0 Å². The number of nitrogens with zero attached hydrogens (tertiary/aromatic N) is 1. The van der Waals surface area contributed by atoms with E-state index in [1.807, 2.05) is 0 Å². The second-order valence-electron chi connectivity index (χ2n) is 4.17. The summed E-state index contributed by atoms with van der Waals surface area (Å²) in [6.45, 7) is 6.00. The zero-order valence-corrected chi connectivity index (χ0v) is 9.51. The summed E-state index contributed by atoms with van der Waals surface area (Å²) >= 11 is 0. The average molecular weight is 202 g/mol. The highest BCUT2D eigenvalue weighted by molar-refractivity contribution is 5.61. The van der Waals surface area contributed by atoms with Crippen molar-refractivity contribution >= 4 is 6.21 Å². The van der Waals surface area contributed by atoms with Gasteiger partial charge in [0.1, 0.15) is 0 Å². The molecule has 0 saturated heterocycles. The van der Waals surface area contributed by atoms with Crippen LogP contribution in [0.25, 0.3) is 0 Å². The van der Waals surface area contributed by atoms with Crippen LogP contribution in [0, 0.1) is 35.6 Å². The smallest absolute Gasteiger partial charge is 0.0336 e. The fourth-order valence-corrected chi connectivity index (χ4v) is 1.48. The molecule has 1 aliphatic rings. The van der Waals surface area contributed by atoms with Gasteiger partial charge < -0.3 is 5.32 Å². The SMILES string of the molecule is C#CCC1(C)CC1C#C/N=C/CNCC. The van der Waals surface area contributed by atoms with E-state index in [2.05, 4.69) is 42.0 Å². The first kappa shape index (κ1) is 11.8. The molecule has 0 heterocycles.